The zero-order chi connectivity index (χ0) is 19.9. The normalized spacial score (nSPS) is 14.2. The Kier molecular flexibility index (Phi) is 6.85. The van der Waals surface area contributed by atoms with Crippen LogP contribution in [0.15, 0.2) is 30.5 Å². The number of benzene rings is 1. The number of unbranched alkanes of at least 4 members (excludes halogenated alkanes) is 2. The minimum Gasteiger partial charge on any atom is -0.368 e. The summed E-state index contributed by atoms with van der Waals surface area (Å²) in [6, 6.07) is 8.12. The molecule has 2 heterocycles. The van der Waals surface area contributed by atoms with E-state index in [4.69, 9.17) is 0 Å². The Morgan fingerprint density at radius 2 is 1.89 bits per heavy atom. The fourth-order valence-electron chi connectivity index (χ4n) is 3.53. The maximum atomic E-state index is 12.9. The molecule has 1 aliphatic rings. The molecule has 1 aliphatic heterocycles. The molecule has 1 aromatic carbocycles. The molecule has 6 nitrogen and oxygen atoms in total. The van der Waals surface area contributed by atoms with Gasteiger partial charge in [0.05, 0.1) is 0 Å². The zero-order valence-electron chi connectivity index (χ0n) is 17.2. The summed E-state index contributed by atoms with van der Waals surface area (Å²) in [5.41, 5.74) is 4.36. The first-order valence-electron chi connectivity index (χ1n) is 10.3. The predicted molar refractivity (Wildman–Crippen MR) is 114 cm³/mol. The van der Waals surface area contributed by atoms with E-state index in [2.05, 4.69) is 59.2 Å². The van der Waals surface area contributed by atoms with Gasteiger partial charge < -0.3 is 15.1 Å². The Morgan fingerprint density at radius 1 is 1.11 bits per heavy atom. The van der Waals surface area contributed by atoms with Crippen molar-refractivity contribution in [2.24, 2.45) is 0 Å². The quantitative estimate of drug-likeness (QED) is 0.742. The van der Waals surface area contributed by atoms with Gasteiger partial charge in [0.1, 0.15) is 5.69 Å². The average molecular weight is 382 g/mol. The molecule has 2 aromatic rings. The third kappa shape index (κ3) is 4.80. The molecular weight excluding hydrogens is 350 g/mol. The second-order valence-electron chi connectivity index (χ2n) is 7.40. The molecule has 1 fully saturated rings. The van der Waals surface area contributed by atoms with Crippen molar-refractivity contribution in [2.45, 2.75) is 40.0 Å². The SMILES string of the molecule is CCCCCNc1nccc(C(=O)N2CCN(c3cccc(C)c3C)CC2)n1. The van der Waals surface area contributed by atoms with Crippen LogP contribution in [0.3, 0.4) is 0 Å². The fraction of sp³-hybridized carbons (Fsp3) is 0.500. The highest BCUT2D eigenvalue weighted by Gasteiger charge is 2.24. The largest absolute Gasteiger partial charge is 0.368 e. The standard InChI is InChI=1S/C22H31N5O/c1-4-5-6-11-23-22-24-12-10-19(25-22)21(28)27-15-13-26(14-16-27)20-9-7-8-17(2)18(20)3/h7-10,12H,4-6,11,13-16H2,1-3H3,(H,23,24,25). The van der Waals surface area contributed by atoms with Gasteiger partial charge in [-0.25, -0.2) is 9.97 Å². The van der Waals surface area contributed by atoms with Crippen LogP contribution >= 0.6 is 0 Å². The molecule has 0 aliphatic carbocycles. The number of nitrogens with zero attached hydrogens (tertiary/aromatic N) is 4. The topological polar surface area (TPSA) is 61.4 Å². The summed E-state index contributed by atoms with van der Waals surface area (Å²) in [7, 11) is 0. The Morgan fingerprint density at radius 3 is 2.64 bits per heavy atom. The van der Waals surface area contributed by atoms with E-state index in [1.54, 1.807) is 12.3 Å². The van der Waals surface area contributed by atoms with Gasteiger partial charge in [0.2, 0.25) is 5.95 Å². The van der Waals surface area contributed by atoms with Crippen LogP contribution in [0.1, 0.15) is 47.8 Å². The molecule has 0 unspecified atom stereocenters. The molecule has 0 saturated carbocycles. The number of nitrogens with one attached hydrogen (secondary N) is 1. The monoisotopic (exact) mass is 381 g/mol. The first kappa shape index (κ1) is 20.1. The molecule has 6 heteroatoms. The molecule has 150 valence electrons. The lowest BCUT2D eigenvalue weighted by atomic mass is 10.1. The van der Waals surface area contributed by atoms with Crippen LogP contribution in [0.4, 0.5) is 11.6 Å². The second kappa shape index (κ2) is 9.53. The smallest absolute Gasteiger partial charge is 0.272 e. The van der Waals surface area contributed by atoms with Gasteiger partial charge in [-0.05, 0) is 43.5 Å². The van der Waals surface area contributed by atoms with Gasteiger partial charge in [0.25, 0.3) is 5.91 Å². The summed E-state index contributed by atoms with van der Waals surface area (Å²) in [4.78, 5) is 25.8. The number of carbonyl (C=O) groups excluding carboxylic acids is 1. The number of hydrogen-bond acceptors (Lipinski definition) is 5. The number of amides is 1. The Labute approximate surface area is 168 Å². The Balaban J connectivity index is 1.58. The van der Waals surface area contributed by atoms with Crippen LogP contribution in [0.25, 0.3) is 0 Å². The van der Waals surface area contributed by atoms with Gasteiger partial charge in [0, 0.05) is 44.6 Å². The third-order valence-electron chi connectivity index (χ3n) is 5.42. The lowest BCUT2D eigenvalue weighted by Gasteiger charge is -2.37. The number of carbonyl (C=O) groups is 1. The van der Waals surface area contributed by atoms with Crippen molar-refractivity contribution in [1.29, 1.82) is 0 Å². The van der Waals surface area contributed by atoms with Gasteiger partial charge in [-0.15, -0.1) is 0 Å². The number of anilines is 2. The number of rotatable bonds is 7. The summed E-state index contributed by atoms with van der Waals surface area (Å²) in [5, 5.41) is 3.22. The van der Waals surface area contributed by atoms with E-state index < -0.39 is 0 Å². The van der Waals surface area contributed by atoms with Crippen LogP contribution < -0.4 is 10.2 Å². The van der Waals surface area contributed by atoms with Crippen molar-refractivity contribution in [2.75, 3.05) is 42.9 Å². The van der Waals surface area contributed by atoms with Crippen molar-refractivity contribution >= 4 is 17.5 Å². The van der Waals surface area contributed by atoms with Crippen LogP contribution in [0.5, 0.6) is 0 Å². The van der Waals surface area contributed by atoms with Gasteiger partial charge in [-0.3, -0.25) is 4.79 Å². The van der Waals surface area contributed by atoms with Gasteiger partial charge in [-0.2, -0.15) is 0 Å². The van der Waals surface area contributed by atoms with E-state index in [0.29, 0.717) is 24.7 Å². The molecule has 0 atom stereocenters. The van der Waals surface area contributed by atoms with Crippen molar-refractivity contribution in [1.82, 2.24) is 14.9 Å². The lowest BCUT2D eigenvalue weighted by Crippen LogP contribution is -2.49. The summed E-state index contributed by atoms with van der Waals surface area (Å²) in [5.74, 6) is 0.524. The lowest BCUT2D eigenvalue weighted by molar-refractivity contribution is 0.0741. The molecule has 3 rings (SSSR count). The van der Waals surface area contributed by atoms with Crippen LogP contribution in [0.2, 0.25) is 0 Å². The summed E-state index contributed by atoms with van der Waals surface area (Å²) in [6.07, 6.45) is 5.10. The van der Waals surface area contributed by atoms with E-state index in [9.17, 15) is 4.79 Å². The minimum absolute atomic E-state index is 0.0142. The fourth-order valence-corrected chi connectivity index (χ4v) is 3.53. The molecule has 0 spiro atoms. The summed E-state index contributed by atoms with van der Waals surface area (Å²) < 4.78 is 0. The maximum Gasteiger partial charge on any atom is 0.272 e. The van der Waals surface area contributed by atoms with Crippen molar-refractivity contribution in [3.8, 4) is 0 Å². The second-order valence-corrected chi connectivity index (χ2v) is 7.40. The molecule has 1 aromatic heterocycles. The number of piperazine rings is 1. The third-order valence-corrected chi connectivity index (χ3v) is 5.42. The van der Waals surface area contributed by atoms with Crippen molar-refractivity contribution in [3.63, 3.8) is 0 Å². The van der Waals surface area contributed by atoms with Crippen LogP contribution in [0, 0.1) is 13.8 Å². The first-order valence-corrected chi connectivity index (χ1v) is 10.3. The molecule has 0 bridgehead atoms. The van der Waals surface area contributed by atoms with E-state index in [-0.39, 0.29) is 5.91 Å². The molecular formula is C22H31N5O. The van der Waals surface area contributed by atoms with E-state index in [1.807, 2.05) is 4.90 Å². The molecule has 1 amide bonds. The average Bonchev–Trinajstić information content (AvgIpc) is 2.73. The van der Waals surface area contributed by atoms with Crippen LogP contribution in [-0.2, 0) is 0 Å². The van der Waals surface area contributed by atoms with Gasteiger partial charge in [-0.1, -0.05) is 31.9 Å². The van der Waals surface area contributed by atoms with Crippen molar-refractivity contribution in [3.05, 3.63) is 47.3 Å². The molecule has 1 saturated heterocycles. The zero-order valence-corrected chi connectivity index (χ0v) is 17.2. The minimum atomic E-state index is -0.0142. The van der Waals surface area contributed by atoms with Gasteiger partial charge in [0.15, 0.2) is 0 Å². The molecule has 0 radical (unpaired) electrons. The van der Waals surface area contributed by atoms with E-state index in [1.165, 1.54) is 29.7 Å². The van der Waals surface area contributed by atoms with E-state index >= 15 is 0 Å². The highest BCUT2D eigenvalue weighted by molar-refractivity contribution is 5.92. The van der Waals surface area contributed by atoms with Crippen LogP contribution in [-0.4, -0.2) is 53.5 Å². The number of hydrogen-bond donors (Lipinski definition) is 1. The highest BCUT2D eigenvalue weighted by Crippen LogP contribution is 2.24. The molecule has 28 heavy (non-hydrogen) atoms. The number of aryl methyl sites for hydroxylation is 1. The first-order chi connectivity index (χ1) is 13.6. The Hall–Kier alpha value is -2.63. The Bertz CT molecular complexity index is 799. The number of aromatic nitrogens is 2. The van der Waals surface area contributed by atoms with Gasteiger partial charge >= 0.3 is 0 Å². The highest BCUT2D eigenvalue weighted by atomic mass is 16.2. The molecule has 1 N–H and O–H groups in total. The summed E-state index contributed by atoms with van der Waals surface area (Å²) >= 11 is 0. The maximum absolute atomic E-state index is 12.9. The summed E-state index contributed by atoms with van der Waals surface area (Å²) in [6.45, 7) is 10.4. The predicted octanol–water partition coefficient (Wildman–Crippen LogP) is 3.66. The van der Waals surface area contributed by atoms with E-state index in [0.717, 1.165) is 26.1 Å². The van der Waals surface area contributed by atoms with Crippen molar-refractivity contribution < 1.29 is 4.79 Å².